The Balaban J connectivity index is 1.86. The quantitative estimate of drug-likeness (QED) is 0.832. The third-order valence-corrected chi connectivity index (χ3v) is 4.01. The first kappa shape index (κ1) is 10.1. The molecule has 0 amide bonds. The molecule has 78 valence electrons. The summed E-state index contributed by atoms with van der Waals surface area (Å²) < 4.78 is 5.36. The van der Waals surface area contributed by atoms with E-state index >= 15 is 0 Å². The number of rotatable bonds is 3. The topological polar surface area (TPSA) is 25.2 Å². The first-order chi connectivity index (χ1) is 6.75. The minimum Gasteiger partial charge on any atom is -0.468 e. The first-order valence-electron chi connectivity index (χ1n) is 5.17. The Labute approximate surface area is 89.4 Å². The third kappa shape index (κ3) is 2.34. The van der Waals surface area contributed by atoms with Crippen LogP contribution in [-0.2, 0) is 0 Å². The molecule has 0 bridgehead atoms. The molecule has 1 aliphatic heterocycles. The van der Waals surface area contributed by atoms with Crippen LogP contribution in [0.4, 0.5) is 0 Å². The van der Waals surface area contributed by atoms with Gasteiger partial charge in [-0.1, -0.05) is 6.92 Å². The van der Waals surface area contributed by atoms with Gasteiger partial charge in [0, 0.05) is 17.0 Å². The second kappa shape index (κ2) is 4.41. The molecule has 1 saturated heterocycles. The van der Waals surface area contributed by atoms with Crippen LogP contribution in [0.3, 0.4) is 0 Å². The van der Waals surface area contributed by atoms with Crippen LogP contribution in [0.2, 0.25) is 0 Å². The van der Waals surface area contributed by atoms with E-state index in [4.69, 9.17) is 4.42 Å². The van der Waals surface area contributed by atoms with Gasteiger partial charge >= 0.3 is 0 Å². The Hall–Kier alpha value is -0.410. The highest BCUT2D eigenvalue weighted by atomic mass is 32.2. The average Bonchev–Trinajstić information content (AvgIpc) is 2.75. The molecule has 0 saturated carbocycles. The smallest absolute Gasteiger partial charge is 0.120 e. The number of hydrogen-bond donors (Lipinski definition) is 1. The molecule has 3 unspecified atom stereocenters. The summed E-state index contributed by atoms with van der Waals surface area (Å²) in [5.41, 5.74) is 0. The van der Waals surface area contributed by atoms with Gasteiger partial charge in [-0.3, -0.25) is 0 Å². The number of hydrogen-bond acceptors (Lipinski definition) is 3. The molecule has 0 radical (unpaired) electrons. The predicted molar refractivity (Wildman–Crippen MR) is 60.6 cm³/mol. The Morgan fingerprint density at radius 2 is 2.50 bits per heavy atom. The molecular formula is C11H17NOS. The van der Waals surface area contributed by atoms with Crippen LogP contribution in [0.1, 0.15) is 32.1 Å². The molecular weight excluding hydrogens is 194 g/mol. The lowest BCUT2D eigenvalue weighted by Crippen LogP contribution is -2.31. The average molecular weight is 211 g/mol. The highest BCUT2D eigenvalue weighted by Gasteiger charge is 2.23. The van der Waals surface area contributed by atoms with Gasteiger partial charge in [-0.25, -0.2) is 0 Å². The van der Waals surface area contributed by atoms with Crippen molar-refractivity contribution in [3.63, 3.8) is 0 Å². The van der Waals surface area contributed by atoms with Gasteiger partial charge in [-0.2, -0.15) is 11.8 Å². The van der Waals surface area contributed by atoms with Crippen molar-refractivity contribution in [3.8, 4) is 0 Å². The van der Waals surface area contributed by atoms with E-state index in [2.05, 4.69) is 30.9 Å². The van der Waals surface area contributed by atoms with Crippen molar-refractivity contribution in [2.24, 2.45) is 0 Å². The fourth-order valence-corrected chi connectivity index (χ4v) is 3.07. The summed E-state index contributed by atoms with van der Waals surface area (Å²) >= 11 is 2.05. The van der Waals surface area contributed by atoms with Gasteiger partial charge < -0.3 is 9.73 Å². The van der Waals surface area contributed by atoms with Crippen molar-refractivity contribution < 1.29 is 4.42 Å². The molecule has 2 rings (SSSR count). The lowest BCUT2D eigenvalue weighted by molar-refractivity contribution is 0.397. The highest BCUT2D eigenvalue weighted by Crippen LogP contribution is 2.27. The summed E-state index contributed by atoms with van der Waals surface area (Å²) in [7, 11) is 0. The van der Waals surface area contributed by atoms with Crippen LogP contribution >= 0.6 is 11.8 Å². The van der Waals surface area contributed by atoms with Gasteiger partial charge in [0.25, 0.3) is 0 Å². The molecule has 3 atom stereocenters. The van der Waals surface area contributed by atoms with Crippen LogP contribution in [0.15, 0.2) is 22.8 Å². The Morgan fingerprint density at radius 3 is 3.07 bits per heavy atom. The fraction of sp³-hybridized carbons (Fsp3) is 0.636. The number of nitrogens with one attached hydrogen (secondary N) is 1. The standard InChI is InChI=1S/C11H17NOS/c1-8-6-10(7-14-8)12-9(2)11-4-3-5-13-11/h3-5,8-10,12H,6-7H2,1-2H3. The molecule has 0 aliphatic carbocycles. The summed E-state index contributed by atoms with van der Waals surface area (Å²) in [6, 6.07) is 4.96. The van der Waals surface area contributed by atoms with Crippen molar-refractivity contribution in [3.05, 3.63) is 24.2 Å². The molecule has 1 aliphatic rings. The third-order valence-electron chi connectivity index (χ3n) is 2.65. The highest BCUT2D eigenvalue weighted by molar-refractivity contribution is 8.00. The van der Waals surface area contributed by atoms with Crippen molar-refractivity contribution in [2.75, 3.05) is 5.75 Å². The van der Waals surface area contributed by atoms with Crippen LogP contribution < -0.4 is 5.32 Å². The zero-order valence-electron chi connectivity index (χ0n) is 8.69. The van der Waals surface area contributed by atoms with Crippen molar-refractivity contribution in [1.29, 1.82) is 0 Å². The van der Waals surface area contributed by atoms with E-state index in [0.29, 0.717) is 12.1 Å². The molecule has 2 heterocycles. The summed E-state index contributed by atoms with van der Waals surface area (Å²) in [6.45, 7) is 4.45. The van der Waals surface area contributed by atoms with Crippen LogP contribution in [0.5, 0.6) is 0 Å². The molecule has 1 N–H and O–H groups in total. The van der Waals surface area contributed by atoms with Gasteiger partial charge in [0.1, 0.15) is 5.76 Å². The van der Waals surface area contributed by atoms with E-state index < -0.39 is 0 Å². The van der Waals surface area contributed by atoms with Gasteiger partial charge in [-0.05, 0) is 25.5 Å². The van der Waals surface area contributed by atoms with Crippen LogP contribution in [-0.4, -0.2) is 17.0 Å². The largest absolute Gasteiger partial charge is 0.468 e. The van der Waals surface area contributed by atoms with E-state index in [1.54, 1.807) is 6.26 Å². The maximum absolute atomic E-state index is 5.36. The Morgan fingerprint density at radius 1 is 1.64 bits per heavy atom. The van der Waals surface area contributed by atoms with E-state index in [9.17, 15) is 0 Å². The Kier molecular flexibility index (Phi) is 3.19. The number of thioether (sulfide) groups is 1. The molecule has 1 aromatic heterocycles. The lowest BCUT2D eigenvalue weighted by Gasteiger charge is -2.16. The van der Waals surface area contributed by atoms with E-state index in [1.165, 1.54) is 12.2 Å². The molecule has 1 fully saturated rings. The zero-order chi connectivity index (χ0) is 9.97. The van der Waals surface area contributed by atoms with Crippen molar-refractivity contribution in [1.82, 2.24) is 5.32 Å². The van der Waals surface area contributed by atoms with E-state index in [-0.39, 0.29) is 0 Å². The van der Waals surface area contributed by atoms with Gasteiger partial charge in [0.05, 0.1) is 12.3 Å². The monoisotopic (exact) mass is 211 g/mol. The lowest BCUT2D eigenvalue weighted by atomic mass is 10.1. The molecule has 3 heteroatoms. The van der Waals surface area contributed by atoms with E-state index in [1.807, 2.05) is 12.1 Å². The summed E-state index contributed by atoms with van der Waals surface area (Å²) in [4.78, 5) is 0. The summed E-state index contributed by atoms with van der Waals surface area (Å²) in [6.07, 6.45) is 3.01. The second-order valence-electron chi connectivity index (χ2n) is 3.98. The SMILES string of the molecule is CC1CC(NC(C)c2ccco2)CS1. The molecule has 2 nitrogen and oxygen atoms in total. The maximum Gasteiger partial charge on any atom is 0.120 e. The maximum atomic E-state index is 5.36. The minimum absolute atomic E-state index is 0.334. The fourth-order valence-electron chi connectivity index (χ4n) is 1.91. The van der Waals surface area contributed by atoms with E-state index in [0.717, 1.165) is 11.0 Å². The molecule has 1 aromatic rings. The minimum atomic E-state index is 0.334. The number of furan rings is 1. The summed E-state index contributed by atoms with van der Waals surface area (Å²) in [5, 5.41) is 4.40. The molecule has 0 aromatic carbocycles. The Bertz CT molecular complexity index is 273. The van der Waals surface area contributed by atoms with Crippen LogP contribution in [0.25, 0.3) is 0 Å². The summed E-state index contributed by atoms with van der Waals surface area (Å²) in [5.74, 6) is 2.27. The molecule has 14 heavy (non-hydrogen) atoms. The molecule has 0 spiro atoms. The predicted octanol–water partition coefficient (Wildman–Crippen LogP) is 2.82. The second-order valence-corrected chi connectivity index (χ2v) is 5.45. The van der Waals surface area contributed by atoms with Gasteiger partial charge in [-0.15, -0.1) is 0 Å². The van der Waals surface area contributed by atoms with Crippen molar-refractivity contribution >= 4 is 11.8 Å². The normalized spacial score (nSPS) is 29.3. The van der Waals surface area contributed by atoms with Crippen LogP contribution in [0, 0.1) is 0 Å². The first-order valence-corrected chi connectivity index (χ1v) is 6.21. The van der Waals surface area contributed by atoms with Gasteiger partial charge in [0.15, 0.2) is 0 Å². The van der Waals surface area contributed by atoms with Gasteiger partial charge in [0.2, 0.25) is 0 Å². The zero-order valence-corrected chi connectivity index (χ0v) is 9.51. The van der Waals surface area contributed by atoms with Crippen molar-refractivity contribution in [2.45, 2.75) is 37.6 Å².